The molecule has 17 heavy (non-hydrogen) atoms. The predicted octanol–water partition coefficient (Wildman–Crippen LogP) is 3.47. The number of ketones is 2. The van der Waals surface area contributed by atoms with Gasteiger partial charge in [0, 0.05) is 17.8 Å². The Bertz CT molecular complexity index is 370. The maximum absolute atomic E-state index is 11.8. The number of allylic oxidation sites excluding steroid dienone is 4. The summed E-state index contributed by atoms with van der Waals surface area (Å²) in [7, 11) is 0. The van der Waals surface area contributed by atoms with E-state index >= 15 is 0 Å². The molecule has 0 radical (unpaired) electrons. The van der Waals surface area contributed by atoms with Gasteiger partial charge in [-0.05, 0) is 31.4 Å². The molecule has 0 aromatic rings. The summed E-state index contributed by atoms with van der Waals surface area (Å²) < 4.78 is 0. The monoisotopic (exact) mass is 234 g/mol. The molecule has 0 aromatic heterocycles. The van der Waals surface area contributed by atoms with Crippen molar-refractivity contribution in [2.75, 3.05) is 0 Å². The first kappa shape index (κ1) is 13.9. The summed E-state index contributed by atoms with van der Waals surface area (Å²) in [6, 6.07) is 0. The highest BCUT2D eigenvalue weighted by molar-refractivity contribution is 5.95. The Morgan fingerprint density at radius 1 is 1.29 bits per heavy atom. The molecule has 0 heterocycles. The Morgan fingerprint density at radius 3 is 2.59 bits per heavy atom. The van der Waals surface area contributed by atoms with Crippen LogP contribution in [0, 0.1) is 11.3 Å². The van der Waals surface area contributed by atoms with E-state index in [-0.39, 0.29) is 22.9 Å². The van der Waals surface area contributed by atoms with E-state index in [4.69, 9.17) is 0 Å². The molecule has 0 amide bonds. The van der Waals surface area contributed by atoms with Crippen molar-refractivity contribution in [2.45, 2.75) is 47.0 Å². The van der Waals surface area contributed by atoms with Crippen LogP contribution in [0.15, 0.2) is 23.8 Å². The number of rotatable bonds is 0. The zero-order valence-corrected chi connectivity index (χ0v) is 11.2. The van der Waals surface area contributed by atoms with Crippen molar-refractivity contribution >= 4 is 11.6 Å². The lowest BCUT2D eigenvalue weighted by Gasteiger charge is -2.16. The van der Waals surface area contributed by atoms with Gasteiger partial charge >= 0.3 is 0 Å². The zero-order valence-electron chi connectivity index (χ0n) is 11.2. The molecule has 2 heteroatoms. The van der Waals surface area contributed by atoms with Crippen molar-refractivity contribution in [3.8, 4) is 0 Å². The van der Waals surface area contributed by atoms with E-state index in [0.29, 0.717) is 6.42 Å². The molecule has 0 saturated heterocycles. The van der Waals surface area contributed by atoms with Gasteiger partial charge in [-0.15, -0.1) is 0 Å². The molecule has 0 spiro atoms. The summed E-state index contributed by atoms with van der Waals surface area (Å²) >= 11 is 0. The van der Waals surface area contributed by atoms with Crippen LogP contribution in [-0.2, 0) is 9.59 Å². The van der Waals surface area contributed by atoms with Gasteiger partial charge in [0.25, 0.3) is 0 Å². The summed E-state index contributed by atoms with van der Waals surface area (Å²) in [4.78, 5) is 23.6. The number of hydrogen-bond acceptors (Lipinski definition) is 2. The van der Waals surface area contributed by atoms with Crippen LogP contribution in [0.4, 0.5) is 0 Å². The normalized spacial score (nSPS) is 26.4. The van der Waals surface area contributed by atoms with Gasteiger partial charge < -0.3 is 0 Å². The van der Waals surface area contributed by atoms with Crippen LogP contribution >= 0.6 is 0 Å². The third kappa shape index (κ3) is 4.29. The minimum absolute atomic E-state index is 0.0215. The predicted molar refractivity (Wildman–Crippen MR) is 69.7 cm³/mol. The minimum Gasteiger partial charge on any atom is -0.295 e. The first-order valence-corrected chi connectivity index (χ1v) is 6.27. The second-order valence-electron chi connectivity index (χ2n) is 5.60. The molecule has 0 saturated carbocycles. The van der Waals surface area contributed by atoms with E-state index in [1.54, 1.807) is 6.08 Å². The number of carbonyl (C=O) groups excluding carboxylic acids is 2. The summed E-state index contributed by atoms with van der Waals surface area (Å²) in [5.74, 6) is 0.389. The summed E-state index contributed by atoms with van der Waals surface area (Å²) in [5, 5.41) is 0. The van der Waals surface area contributed by atoms with Crippen molar-refractivity contribution in [3.63, 3.8) is 0 Å². The van der Waals surface area contributed by atoms with E-state index in [0.717, 1.165) is 18.4 Å². The molecule has 1 atom stereocenters. The fourth-order valence-corrected chi connectivity index (χ4v) is 2.06. The average molecular weight is 234 g/mol. The second-order valence-corrected chi connectivity index (χ2v) is 5.60. The van der Waals surface area contributed by atoms with Crippen molar-refractivity contribution < 1.29 is 9.59 Å². The fourth-order valence-electron chi connectivity index (χ4n) is 2.06. The maximum atomic E-state index is 11.8. The third-order valence-electron chi connectivity index (χ3n) is 3.23. The Kier molecular flexibility index (Phi) is 4.44. The molecule has 0 bridgehead atoms. The number of carbonyl (C=O) groups is 2. The van der Waals surface area contributed by atoms with Gasteiger partial charge in [0.1, 0.15) is 0 Å². The van der Waals surface area contributed by atoms with E-state index in [9.17, 15) is 9.59 Å². The first-order chi connectivity index (χ1) is 7.82. The van der Waals surface area contributed by atoms with E-state index in [1.165, 1.54) is 0 Å². The molecule has 94 valence electrons. The smallest absolute Gasteiger partial charge is 0.158 e. The van der Waals surface area contributed by atoms with Gasteiger partial charge in [-0.25, -0.2) is 0 Å². The van der Waals surface area contributed by atoms with Gasteiger partial charge in [-0.3, -0.25) is 9.59 Å². The lowest BCUT2D eigenvalue weighted by molar-refractivity contribution is -0.119. The van der Waals surface area contributed by atoms with E-state index in [2.05, 4.69) is 0 Å². The van der Waals surface area contributed by atoms with Crippen molar-refractivity contribution in [3.05, 3.63) is 23.8 Å². The zero-order chi connectivity index (χ0) is 13.1. The summed E-state index contributed by atoms with van der Waals surface area (Å²) in [6.45, 7) is 7.82. The van der Waals surface area contributed by atoms with Gasteiger partial charge in [0.05, 0.1) is 0 Å². The summed E-state index contributed by atoms with van der Waals surface area (Å²) in [6.07, 6.45) is 7.66. The highest BCUT2D eigenvalue weighted by atomic mass is 16.1. The molecular formula is C15H22O2. The van der Waals surface area contributed by atoms with Crippen LogP contribution in [0.25, 0.3) is 0 Å². The van der Waals surface area contributed by atoms with Crippen LogP contribution in [0.3, 0.4) is 0 Å². The average Bonchev–Trinajstić information content (AvgIpc) is 2.24. The Hall–Kier alpha value is -1.18. The summed E-state index contributed by atoms with van der Waals surface area (Å²) in [5.41, 5.74) is 0.570. The molecule has 1 aliphatic carbocycles. The van der Waals surface area contributed by atoms with Crippen molar-refractivity contribution in [1.29, 1.82) is 0 Å². The molecule has 1 unspecified atom stereocenters. The largest absolute Gasteiger partial charge is 0.295 e. The third-order valence-corrected chi connectivity index (χ3v) is 3.23. The van der Waals surface area contributed by atoms with E-state index < -0.39 is 0 Å². The molecule has 0 fully saturated rings. The lowest BCUT2D eigenvalue weighted by Crippen LogP contribution is -2.09. The Labute approximate surface area is 104 Å². The minimum atomic E-state index is -0.237. The van der Waals surface area contributed by atoms with Crippen molar-refractivity contribution in [1.82, 2.24) is 0 Å². The molecule has 0 aromatic carbocycles. The molecule has 0 aliphatic heterocycles. The standard InChI is InChI=1S/C15H22O2/c1-11-6-5-7-13(16)12(2)10-15(3,4)9-8-14(11)17/h8-11H,5-7H2,1-4H3. The van der Waals surface area contributed by atoms with Crippen LogP contribution in [-0.4, -0.2) is 11.6 Å². The van der Waals surface area contributed by atoms with Crippen molar-refractivity contribution in [2.24, 2.45) is 11.3 Å². The van der Waals surface area contributed by atoms with E-state index in [1.807, 2.05) is 39.8 Å². The Morgan fingerprint density at radius 2 is 1.94 bits per heavy atom. The van der Waals surface area contributed by atoms with Crippen LogP contribution in [0.5, 0.6) is 0 Å². The lowest BCUT2D eigenvalue weighted by atomic mass is 9.89. The first-order valence-electron chi connectivity index (χ1n) is 6.27. The van der Waals surface area contributed by atoms with Crippen LogP contribution in [0.1, 0.15) is 47.0 Å². The maximum Gasteiger partial charge on any atom is 0.158 e. The number of Topliss-reactive ketones (excluding diaryl/α,β-unsaturated/α-hetero) is 1. The topological polar surface area (TPSA) is 34.1 Å². The van der Waals surface area contributed by atoms with Crippen LogP contribution < -0.4 is 0 Å². The molecule has 1 rings (SSSR count). The highest BCUT2D eigenvalue weighted by Crippen LogP contribution is 2.24. The van der Waals surface area contributed by atoms with Crippen LogP contribution in [0.2, 0.25) is 0 Å². The molecule has 0 N–H and O–H groups in total. The van der Waals surface area contributed by atoms with Gasteiger partial charge in [0.15, 0.2) is 11.6 Å². The molecule has 2 nitrogen and oxygen atoms in total. The van der Waals surface area contributed by atoms with Gasteiger partial charge in [-0.2, -0.15) is 0 Å². The highest BCUT2D eigenvalue weighted by Gasteiger charge is 2.18. The van der Waals surface area contributed by atoms with Gasteiger partial charge in [-0.1, -0.05) is 32.9 Å². The fraction of sp³-hybridized carbons (Fsp3) is 0.600. The number of hydrogen-bond donors (Lipinski definition) is 0. The quantitative estimate of drug-likeness (QED) is 0.643. The molecule has 1 aliphatic rings. The van der Waals surface area contributed by atoms with Gasteiger partial charge in [0.2, 0.25) is 0 Å². The Balaban J connectivity index is 3.00. The molecular weight excluding hydrogens is 212 g/mol. The SMILES string of the molecule is CC1=CC(C)(C)C=CC(=O)C(C)CCCC1=O. The second kappa shape index (κ2) is 5.44.